The van der Waals surface area contributed by atoms with Crippen molar-refractivity contribution in [1.82, 2.24) is 20.5 Å². The van der Waals surface area contributed by atoms with Crippen molar-refractivity contribution in [2.24, 2.45) is 4.99 Å². The first kappa shape index (κ1) is 24.8. The van der Waals surface area contributed by atoms with E-state index in [-0.39, 0.29) is 24.0 Å². The molecule has 1 saturated heterocycles. The number of morpholine rings is 1. The third kappa shape index (κ3) is 8.37. The summed E-state index contributed by atoms with van der Waals surface area (Å²) in [5.74, 6) is 1.70. The van der Waals surface area contributed by atoms with E-state index in [1.54, 1.807) is 18.4 Å². The molecule has 1 aromatic carbocycles. The number of aliphatic imine (C=N–C) groups is 1. The monoisotopic (exact) mass is 545 g/mol. The molecule has 166 valence electrons. The van der Waals surface area contributed by atoms with E-state index in [0.29, 0.717) is 13.2 Å². The number of thiazole rings is 1. The van der Waals surface area contributed by atoms with Gasteiger partial charge < -0.3 is 20.1 Å². The average molecular weight is 545 g/mol. The summed E-state index contributed by atoms with van der Waals surface area (Å²) in [6.45, 7) is 8.72. The summed E-state index contributed by atoms with van der Waals surface area (Å²) in [6.07, 6.45) is 2.81. The van der Waals surface area contributed by atoms with Crippen molar-refractivity contribution >= 4 is 41.3 Å². The molecule has 1 aromatic heterocycles. The number of halogens is 1. The van der Waals surface area contributed by atoms with E-state index in [0.717, 1.165) is 68.1 Å². The third-order valence-electron chi connectivity index (χ3n) is 4.71. The number of benzene rings is 1. The van der Waals surface area contributed by atoms with E-state index in [1.165, 1.54) is 4.88 Å². The smallest absolute Gasteiger partial charge is 0.191 e. The summed E-state index contributed by atoms with van der Waals surface area (Å²) < 4.78 is 11.4. The lowest BCUT2D eigenvalue weighted by Gasteiger charge is -2.26. The molecule has 3 rings (SSSR count). The number of rotatable bonds is 9. The van der Waals surface area contributed by atoms with Crippen molar-refractivity contribution in [3.63, 3.8) is 0 Å². The van der Waals surface area contributed by atoms with Gasteiger partial charge in [0, 0.05) is 62.8 Å². The number of para-hydroxylation sites is 1. The minimum absolute atomic E-state index is 0. The second-order valence-corrected chi connectivity index (χ2v) is 8.20. The molecule has 0 bridgehead atoms. The standard InChI is InChI=1S/C21H31N5O2S.HI/c1-17-15-24-20(29-17)7-8-23-21(22-2)25-16-18-5-3-4-6-19(18)28-14-11-26-9-12-27-13-10-26;/h3-6,15H,7-14,16H2,1-2H3,(H2,22,23,25);1H. The molecule has 2 aromatic rings. The van der Waals surface area contributed by atoms with Crippen LogP contribution >= 0.6 is 35.3 Å². The Morgan fingerprint density at radius 1 is 1.27 bits per heavy atom. The Balaban J connectivity index is 0.00000320. The maximum absolute atomic E-state index is 6.06. The number of aromatic nitrogens is 1. The van der Waals surface area contributed by atoms with Gasteiger partial charge in [-0.15, -0.1) is 35.3 Å². The molecule has 0 saturated carbocycles. The Hall–Kier alpha value is -1.43. The number of guanidine groups is 1. The Morgan fingerprint density at radius 3 is 2.80 bits per heavy atom. The highest BCUT2D eigenvalue weighted by atomic mass is 127. The zero-order valence-electron chi connectivity index (χ0n) is 17.7. The van der Waals surface area contributed by atoms with E-state index in [4.69, 9.17) is 9.47 Å². The van der Waals surface area contributed by atoms with Gasteiger partial charge in [0.1, 0.15) is 12.4 Å². The molecule has 0 atom stereocenters. The Morgan fingerprint density at radius 2 is 2.07 bits per heavy atom. The highest BCUT2D eigenvalue weighted by Crippen LogP contribution is 2.17. The topological polar surface area (TPSA) is 71.0 Å². The number of hydrogen-bond acceptors (Lipinski definition) is 6. The average Bonchev–Trinajstić information content (AvgIpc) is 3.17. The number of aryl methyl sites for hydroxylation is 1. The molecule has 0 spiro atoms. The van der Waals surface area contributed by atoms with Gasteiger partial charge in [-0.25, -0.2) is 4.98 Å². The maximum atomic E-state index is 6.06. The van der Waals surface area contributed by atoms with Gasteiger partial charge in [-0.05, 0) is 13.0 Å². The third-order valence-corrected chi connectivity index (χ3v) is 5.68. The van der Waals surface area contributed by atoms with Gasteiger partial charge in [0.25, 0.3) is 0 Å². The lowest BCUT2D eigenvalue weighted by Crippen LogP contribution is -2.39. The van der Waals surface area contributed by atoms with Crippen LogP contribution in [0.25, 0.3) is 0 Å². The molecule has 0 aliphatic carbocycles. The predicted octanol–water partition coefficient (Wildman–Crippen LogP) is 2.69. The maximum Gasteiger partial charge on any atom is 0.191 e. The second kappa shape index (κ2) is 13.8. The van der Waals surface area contributed by atoms with E-state index < -0.39 is 0 Å². The molecule has 2 heterocycles. The Bertz CT molecular complexity index is 780. The minimum atomic E-state index is 0. The van der Waals surface area contributed by atoms with Crippen LogP contribution in [-0.2, 0) is 17.7 Å². The van der Waals surface area contributed by atoms with Crippen LogP contribution in [0.3, 0.4) is 0 Å². The van der Waals surface area contributed by atoms with Crippen LogP contribution in [0.15, 0.2) is 35.5 Å². The van der Waals surface area contributed by atoms with Gasteiger partial charge in [0.2, 0.25) is 0 Å². The zero-order chi connectivity index (χ0) is 20.3. The summed E-state index contributed by atoms with van der Waals surface area (Å²) in [6, 6.07) is 8.16. The van der Waals surface area contributed by atoms with E-state index >= 15 is 0 Å². The zero-order valence-corrected chi connectivity index (χ0v) is 20.9. The molecular weight excluding hydrogens is 513 g/mol. The SMILES string of the molecule is CN=C(NCCc1ncc(C)s1)NCc1ccccc1OCCN1CCOCC1.I. The predicted molar refractivity (Wildman–Crippen MR) is 133 cm³/mol. The molecule has 30 heavy (non-hydrogen) atoms. The van der Waals surface area contributed by atoms with Crippen molar-refractivity contribution in [2.45, 2.75) is 19.9 Å². The van der Waals surface area contributed by atoms with Crippen LogP contribution in [0.1, 0.15) is 15.4 Å². The first-order valence-electron chi connectivity index (χ1n) is 10.1. The van der Waals surface area contributed by atoms with Crippen LogP contribution in [-0.4, -0.2) is 68.9 Å². The van der Waals surface area contributed by atoms with Crippen molar-refractivity contribution in [2.75, 3.05) is 53.0 Å². The van der Waals surface area contributed by atoms with E-state index in [9.17, 15) is 0 Å². The van der Waals surface area contributed by atoms with Gasteiger partial charge >= 0.3 is 0 Å². The summed E-state index contributed by atoms with van der Waals surface area (Å²) >= 11 is 1.74. The molecule has 1 aliphatic rings. The van der Waals surface area contributed by atoms with Gasteiger partial charge in [0.15, 0.2) is 5.96 Å². The number of ether oxygens (including phenoxy) is 2. The highest BCUT2D eigenvalue weighted by molar-refractivity contribution is 14.0. The molecule has 1 fully saturated rings. The summed E-state index contributed by atoms with van der Waals surface area (Å²) in [5.41, 5.74) is 1.12. The van der Waals surface area contributed by atoms with Crippen molar-refractivity contribution < 1.29 is 9.47 Å². The first-order chi connectivity index (χ1) is 14.2. The molecule has 9 heteroatoms. The van der Waals surface area contributed by atoms with Gasteiger partial charge in [0.05, 0.1) is 18.2 Å². The fourth-order valence-electron chi connectivity index (χ4n) is 3.10. The summed E-state index contributed by atoms with van der Waals surface area (Å²) in [4.78, 5) is 12.3. The van der Waals surface area contributed by atoms with Gasteiger partial charge in [-0.3, -0.25) is 9.89 Å². The van der Waals surface area contributed by atoms with Crippen LogP contribution in [0.5, 0.6) is 5.75 Å². The lowest BCUT2D eigenvalue weighted by molar-refractivity contribution is 0.0322. The largest absolute Gasteiger partial charge is 0.492 e. The van der Waals surface area contributed by atoms with Crippen LogP contribution in [0, 0.1) is 6.92 Å². The molecular formula is C21H32IN5O2S. The molecule has 0 radical (unpaired) electrons. The quantitative estimate of drug-likeness (QED) is 0.287. The minimum Gasteiger partial charge on any atom is -0.492 e. The fourth-order valence-corrected chi connectivity index (χ4v) is 3.89. The highest BCUT2D eigenvalue weighted by Gasteiger charge is 2.11. The number of nitrogens with zero attached hydrogens (tertiary/aromatic N) is 3. The second-order valence-electron chi connectivity index (χ2n) is 6.88. The summed E-state index contributed by atoms with van der Waals surface area (Å²) in [7, 11) is 1.79. The lowest BCUT2D eigenvalue weighted by atomic mass is 10.2. The molecule has 0 unspecified atom stereocenters. The van der Waals surface area contributed by atoms with Crippen LogP contribution in [0.2, 0.25) is 0 Å². The molecule has 2 N–H and O–H groups in total. The first-order valence-corrected chi connectivity index (χ1v) is 10.9. The van der Waals surface area contributed by atoms with Crippen LogP contribution in [0.4, 0.5) is 0 Å². The Kier molecular flexibility index (Phi) is 11.4. The molecule has 0 amide bonds. The fraction of sp³-hybridized carbons (Fsp3) is 0.524. The number of nitrogens with one attached hydrogen (secondary N) is 2. The molecule has 1 aliphatic heterocycles. The van der Waals surface area contributed by atoms with E-state index in [2.05, 4.69) is 38.5 Å². The van der Waals surface area contributed by atoms with Gasteiger partial charge in [-0.2, -0.15) is 0 Å². The van der Waals surface area contributed by atoms with E-state index in [1.807, 2.05) is 24.4 Å². The van der Waals surface area contributed by atoms with Crippen molar-refractivity contribution in [3.05, 3.63) is 45.9 Å². The van der Waals surface area contributed by atoms with Crippen molar-refractivity contribution in [3.8, 4) is 5.75 Å². The Labute approximate surface area is 200 Å². The van der Waals surface area contributed by atoms with Crippen molar-refractivity contribution in [1.29, 1.82) is 0 Å². The summed E-state index contributed by atoms with van der Waals surface area (Å²) in [5, 5.41) is 7.86. The normalized spacial score (nSPS) is 14.8. The number of hydrogen-bond donors (Lipinski definition) is 2. The van der Waals surface area contributed by atoms with Crippen LogP contribution < -0.4 is 15.4 Å². The molecule has 7 nitrogen and oxygen atoms in total. The van der Waals surface area contributed by atoms with Gasteiger partial charge in [-0.1, -0.05) is 18.2 Å².